The second-order valence-electron chi connectivity index (χ2n) is 4.62. The predicted molar refractivity (Wildman–Crippen MR) is 82.2 cm³/mol. The lowest BCUT2D eigenvalue weighted by molar-refractivity contribution is 0.286. The highest BCUT2D eigenvalue weighted by Gasteiger charge is 2.20. The van der Waals surface area contributed by atoms with Gasteiger partial charge >= 0.3 is 6.01 Å². The number of ether oxygens (including phenoxy) is 1. The number of aromatic nitrogens is 3. The molecular weight excluding hydrogens is 272 g/mol. The van der Waals surface area contributed by atoms with Crippen molar-refractivity contribution in [2.24, 2.45) is 5.84 Å². The number of anilines is 2. The molecule has 1 heterocycles. The number of nitrogens with zero attached hydrogens (tertiary/aromatic N) is 4. The number of hydrogen-bond donors (Lipinski definition) is 3. The molecule has 0 bridgehead atoms. The number of hydrogen-bond acceptors (Lipinski definition) is 8. The third-order valence-corrected chi connectivity index (χ3v) is 3.15. The molecular formula is C13H26N6O2. The van der Waals surface area contributed by atoms with Gasteiger partial charge in [-0.15, -0.1) is 0 Å². The quantitative estimate of drug-likeness (QED) is 0.432. The molecule has 1 rings (SSSR count). The van der Waals surface area contributed by atoms with Gasteiger partial charge in [0.05, 0.1) is 13.2 Å². The number of nitrogens with two attached hydrogens (primary N) is 1. The Kier molecular flexibility index (Phi) is 7.70. The van der Waals surface area contributed by atoms with E-state index in [0.29, 0.717) is 19.1 Å². The summed E-state index contributed by atoms with van der Waals surface area (Å²) < 4.78 is 5.47. The number of hydrazine groups is 1. The van der Waals surface area contributed by atoms with Gasteiger partial charge < -0.3 is 14.7 Å². The molecule has 8 nitrogen and oxygen atoms in total. The van der Waals surface area contributed by atoms with E-state index in [1.807, 2.05) is 11.8 Å². The maximum absolute atomic E-state index is 9.29. The van der Waals surface area contributed by atoms with Crippen LogP contribution in [-0.4, -0.2) is 45.9 Å². The summed E-state index contributed by atoms with van der Waals surface area (Å²) in [5.74, 6) is 6.12. The molecule has 120 valence electrons. The van der Waals surface area contributed by atoms with Crippen LogP contribution in [0.5, 0.6) is 6.01 Å². The molecule has 1 aromatic heterocycles. The van der Waals surface area contributed by atoms with Crippen molar-refractivity contribution in [2.45, 2.75) is 46.1 Å². The Balaban J connectivity index is 3.09. The Morgan fingerprint density at radius 1 is 1.24 bits per heavy atom. The van der Waals surface area contributed by atoms with E-state index in [4.69, 9.17) is 10.6 Å². The molecule has 21 heavy (non-hydrogen) atoms. The number of nitrogens with one attached hydrogen (secondary N) is 1. The van der Waals surface area contributed by atoms with Crippen molar-refractivity contribution in [1.29, 1.82) is 0 Å². The molecule has 0 spiro atoms. The monoisotopic (exact) mass is 298 g/mol. The molecule has 0 fully saturated rings. The van der Waals surface area contributed by atoms with E-state index in [2.05, 4.69) is 34.2 Å². The van der Waals surface area contributed by atoms with Crippen LogP contribution in [0.1, 0.15) is 40.0 Å². The third kappa shape index (κ3) is 4.98. The van der Waals surface area contributed by atoms with Gasteiger partial charge in [0.2, 0.25) is 11.9 Å². The minimum absolute atomic E-state index is 0.0265. The summed E-state index contributed by atoms with van der Waals surface area (Å²) in [7, 11) is 0. The minimum atomic E-state index is 0.0265. The topological polar surface area (TPSA) is 109 Å². The van der Waals surface area contributed by atoms with Gasteiger partial charge in [0.25, 0.3) is 0 Å². The SMILES string of the molecule is CCCOc1nc(NN)nc(N(CCO)C(CC)CC)n1. The zero-order valence-electron chi connectivity index (χ0n) is 13.0. The van der Waals surface area contributed by atoms with E-state index in [9.17, 15) is 5.11 Å². The van der Waals surface area contributed by atoms with Crippen LogP contribution < -0.4 is 20.9 Å². The Labute approximate surface area is 125 Å². The molecule has 0 aliphatic rings. The normalized spacial score (nSPS) is 10.8. The van der Waals surface area contributed by atoms with Crippen LogP contribution in [0, 0.1) is 0 Å². The summed E-state index contributed by atoms with van der Waals surface area (Å²) in [6.45, 7) is 7.20. The van der Waals surface area contributed by atoms with Crippen molar-refractivity contribution < 1.29 is 9.84 Å². The lowest BCUT2D eigenvalue weighted by Gasteiger charge is -2.30. The summed E-state index contributed by atoms with van der Waals surface area (Å²) >= 11 is 0. The fourth-order valence-electron chi connectivity index (χ4n) is 2.08. The van der Waals surface area contributed by atoms with Gasteiger partial charge in [-0.3, -0.25) is 5.43 Å². The maximum atomic E-state index is 9.29. The largest absolute Gasteiger partial charge is 0.463 e. The fraction of sp³-hybridized carbons (Fsp3) is 0.769. The first-order valence-corrected chi connectivity index (χ1v) is 7.43. The van der Waals surface area contributed by atoms with E-state index in [0.717, 1.165) is 19.3 Å². The first kappa shape index (κ1) is 17.4. The van der Waals surface area contributed by atoms with Crippen LogP contribution in [-0.2, 0) is 0 Å². The molecule has 0 amide bonds. The molecule has 0 aliphatic carbocycles. The first-order valence-electron chi connectivity index (χ1n) is 7.43. The highest BCUT2D eigenvalue weighted by atomic mass is 16.5. The Hall–Kier alpha value is -1.67. The van der Waals surface area contributed by atoms with Crippen molar-refractivity contribution in [2.75, 3.05) is 30.1 Å². The van der Waals surface area contributed by atoms with Crippen LogP contribution in [0.3, 0.4) is 0 Å². The maximum Gasteiger partial charge on any atom is 0.323 e. The van der Waals surface area contributed by atoms with Crippen LogP contribution >= 0.6 is 0 Å². The molecule has 0 saturated heterocycles. The van der Waals surface area contributed by atoms with Crippen molar-refractivity contribution in [3.05, 3.63) is 0 Å². The van der Waals surface area contributed by atoms with Gasteiger partial charge in [0.15, 0.2) is 0 Å². The van der Waals surface area contributed by atoms with Crippen molar-refractivity contribution in [3.63, 3.8) is 0 Å². The number of nitrogen functional groups attached to an aromatic ring is 1. The number of aliphatic hydroxyl groups is 1. The standard InChI is InChI=1S/C13H26N6O2/c1-4-9-21-13-16-11(18-14)15-12(17-13)19(7-8-20)10(5-2)6-3/h10,20H,4-9,14H2,1-3H3,(H,15,16,17,18). The van der Waals surface area contributed by atoms with Crippen LogP contribution in [0.15, 0.2) is 0 Å². The van der Waals surface area contributed by atoms with Crippen molar-refractivity contribution in [1.82, 2.24) is 15.0 Å². The zero-order valence-corrected chi connectivity index (χ0v) is 13.0. The minimum Gasteiger partial charge on any atom is -0.463 e. The molecule has 1 aromatic rings. The van der Waals surface area contributed by atoms with Gasteiger partial charge in [-0.05, 0) is 19.3 Å². The van der Waals surface area contributed by atoms with Crippen molar-refractivity contribution >= 4 is 11.9 Å². The second kappa shape index (κ2) is 9.30. The summed E-state index contributed by atoms with van der Waals surface area (Å²) in [5.41, 5.74) is 2.42. The zero-order chi connectivity index (χ0) is 15.7. The van der Waals surface area contributed by atoms with Crippen LogP contribution in [0.4, 0.5) is 11.9 Å². The fourth-order valence-corrected chi connectivity index (χ4v) is 2.08. The van der Waals surface area contributed by atoms with E-state index >= 15 is 0 Å². The van der Waals surface area contributed by atoms with Gasteiger partial charge in [-0.1, -0.05) is 20.8 Å². The van der Waals surface area contributed by atoms with Crippen molar-refractivity contribution in [3.8, 4) is 6.01 Å². The first-order chi connectivity index (χ1) is 10.2. The van der Waals surface area contributed by atoms with Crippen LogP contribution in [0.25, 0.3) is 0 Å². The third-order valence-electron chi connectivity index (χ3n) is 3.15. The number of rotatable bonds is 10. The van der Waals surface area contributed by atoms with Gasteiger partial charge in [0.1, 0.15) is 0 Å². The smallest absolute Gasteiger partial charge is 0.323 e. The number of aliphatic hydroxyl groups excluding tert-OH is 1. The van der Waals surface area contributed by atoms with E-state index in [1.54, 1.807) is 0 Å². The molecule has 0 aromatic carbocycles. The molecule has 0 radical (unpaired) electrons. The Morgan fingerprint density at radius 2 is 1.95 bits per heavy atom. The highest BCUT2D eigenvalue weighted by molar-refractivity contribution is 5.38. The summed E-state index contributed by atoms with van der Waals surface area (Å²) in [4.78, 5) is 14.6. The average molecular weight is 298 g/mol. The highest BCUT2D eigenvalue weighted by Crippen LogP contribution is 2.19. The summed E-state index contributed by atoms with van der Waals surface area (Å²) in [6, 6.07) is 0.480. The van der Waals surface area contributed by atoms with Crippen LogP contribution in [0.2, 0.25) is 0 Å². The van der Waals surface area contributed by atoms with E-state index < -0.39 is 0 Å². The summed E-state index contributed by atoms with van der Waals surface area (Å²) in [6.07, 6.45) is 2.72. The molecule has 4 N–H and O–H groups in total. The molecule has 0 aliphatic heterocycles. The average Bonchev–Trinajstić information content (AvgIpc) is 2.52. The van der Waals surface area contributed by atoms with Gasteiger partial charge in [-0.2, -0.15) is 15.0 Å². The van der Waals surface area contributed by atoms with E-state index in [1.165, 1.54) is 0 Å². The Bertz CT molecular complexity index is 414. The molecule has 8 heteroatoms. The molecule has 0 saturated carbocycles. The van der Waals surface area contributed by atoms with Gasteiger partial charge in [-0.25, -0.2) is 5.84 Å². The Morgan fingerprint density at radius 3 is 2.48 bits per heavy atom. The molecule has 0 atom stereocenters. The second-order valence-corrected chi connectivity index (χ2v) is 4.62. The van der Waals surface area contributed by atoms with E-state index in [-0.39, 0.29) is 24.6 Å². The lowest BCUT2D eigenvalue weighted by atomic mass is 10.1. The predicted octanol–water partition coefficient (Wildman–Crippen LogP) is 0.933. The molecule has 0 unspecified atom stereocenters. The lowest BCUT2D eigenvalue weighted by Crippen LogP contribution is -2.38. The van der Waals surface area contributed by atoms with Gasteiger partial charge in [0, 0.05) is 12.6 Å². The summed E-state index contributed by atoms with van der Waals surface area (Å²) in [5, 5.41) is 9.29.